The zero-order valence-electron chi connectivity index (χ0n) is 18.6. The van der Waals surface area contributed by atoms with E-state index in [1.807, 2.05) is 33.7 Å². The SMILES string of the molecule is Cc1cn2nc([C@@H]3CCCCN3C(=O)C3NNN(C)C3C)cc2nc1N1CC[C@H](N)C1. The summed E-state index contributed by atoms with van der Waals surface area (Å²) in [4.78, 5) is 22.6. The highest BCUT2D eigenvalue weighted by Crippen LogP contribution is 2.32. The lowest BCUT2D eigenvalue weighted by Crippen LogP contribution is -2.51. The van der Waals surface area contributed by atoms with E-state index in [0.29, 0.717) is 0 Å². The molecular weight excluding hydrogens is 394 g/mol. The van der Waals surface area contributed by atoms with Crippen molar-refractivity contribution in [1.29, 1.82) is 0 Å². The van der Waals surface area contributed by atoms with Gasteiger partial charge in [0.1, 0.15) is 11.9 Å². The monoisotopic (exact) mass is 427 g/mol. The molecule has 0 aliphatic carbocycles. The van der Waals surface area contributed by atoms with Gasteiger partial charge in [-0.2, -0.15) is 10.6 Å². The van der Waals surface area contributed by atoms with Crippen LogP contribution in [0.5, 0.6) is 0 Å². The first kappa shape index (κ1) is 20.6. The number of nitrogens with one attached hydrogen (secondary N) is 2. The van der Waals surface area contributed by atoms with Gasteiger partial charge < -0.3 is 15.5 Å². The average molecular weight is 428 g/mol. The van der Waals surface area contributed by atoms with Gasteiger partial charge in [0, 0.05) is 56.6 Å². The van der Waals surface area contributed by atoms with E-state index in [0.717, 1.165) is 68.0 Å². The van der Waals surface area contributed by atoms with Gasteiger partial charge in [0.05, 0.1) is 11.7 Å². The number of carbonyl (C=O) groups excluding carboxylic acids is 1. The Morgan fingerprint density at radius 3 is 2.81 bits per heavy atom. The van der Waals surface area contributed by atoms with Crippen LogP contribution in [0.4, 0.5) is 5.82 Å². The molecule has 0 spiro atoms. The van der Waals surface area contributed by atoms with Crippen LogP contribution in [0.15, 0.2) is 12.3 Å². The van der Waals surface area contributed by atoms with E-state index in [9.17, 15) is 4.79 Å². The average Bonchev–Trinajstić information content (AvgIpc) is 3.46. The number of hydrogen-bond donors (Lipinski definition) is 3. The number of hydrazine groups is 2. The predicted molar refractivity (Wildman–Crippen MR) is 118 cm³/mol. The van der Waals surface area contributed by atoms with Crippen LogP contribution >= 0.6 is 0 Å². The highest BCUT2D eigenvalue weighted by molar-refractivity contribution is 5.83. The summed E-state index contributed by atoms with van der Waals surface area (Å²) in [5, 5.41) is 6.78. The van der Waals surface area contributed by atoms with Crippen molar-refractivity contribution < 1.29 is 4.79 Å². The number of likely N-dealkylation sites (tertiary alicyclic amines) is 1. The number of anilines is 1. The minimum atomic E-state index is -0.269. The number of nitrogens with zero attached hydrogens (tertiary/aromatic N) is 6. The Morgan fingerprint density at radius 1 is 1.26 bits per heavy atom. The zero-order chi connectivity index (χ0) is 21.7. The predicted octanol–water partition coefficient (Wildman–Crippen LogP) is 0.340. The second kappa shape index (κ2) is 8.01. The molecule has 0 aromatic carbocycles. The highest BCUT2D eigenvalue weighted by atomic mass is 16.2. The van der Waals surface area contributed by atoms with Crippen LogP contribution in [0, 0.1) is 6.92 Å². The first-order valence-corrected chi connectivity index (χ1v) is 11.3. The van der Waals surface area contributed by atoms with Crippen LogP contribution < -0.4 is 21.6 Å². The first-order chi connectivity index (χ1) is 14.9. The Hall–Kier alpha value is -2.27. The molecule has 5 rings (SSSR count). The molecule has 2 aromatic rings. The summed E-state index contributed by atoms with van der Waals surface area (Å²) in [7, 11) is 1.94. The molecule has 0 saturated carbocycles. The van der Waals surface area contributed by atoms with E-state index in [1.165, 1.54) is 0 Å². The topological polar surface area (TPSA) is 107 Å². The van der Waals surface area contributed by atoms with Crippen molar-refractivity contribution in [3.63, 3.8) is 0 Å². The number of aryl methyl sites for hydroxylation is 1. The Labute approximate surface area is 182 Å². The summed E-state index contributed by atoms with van der Waals surface area (Å²) in [5.74, 6) is 1.11. The van der Waals surface area contributed by atoms with Gasteiger partial charge in [-0.25, -0.2) is 19.9 Å². The summed E-state index contributed by atoms with van der Waals surface area (Å²) in [6.45, 7) is 6.66. The summed E-state index contributed by atoms with van der Waals surface area (Å²) < 4.78 is 1.85. The molecule has 10 heteroatoms. The van der Waals surface area contributed by atoms with Crippen LogP contribution in [0.3, 0.4) is 0 Å². The molecule has 0 bridgehead atoms. The van der Waals surface area contributed by atoms with Gasteiger partial charge in [-0.15, -0.1) is 0 Å². The molecule has 3 aliphatic heterocycles. The second-order valence-electron chi connectivity index (χ2n) is 9.24. The van der Waals surface area contributed by atoms with Crippen molar-refractivity contribution in [1.82, 2.24) is 35.5 Å². The molecular formula is C21H33N9O. The maximum Gasteiger partial charge on any atom is 0.243 e. The number of nitrogens with two attached hydrogens (primary N) is 1. The van der Waals surface area contributed by atoms with E-state index in [-0.39, 0.29) is 30.1 Å². The van der Waals surface area contributed by atoms with E-state index >= 15 is 0 Å². The maximum atomic E-state index is 13.4. The fourth-order valence-electron chi connectivity index (χ4n) is 5.05. The van der Waals surface area contributed by atoms with Gasteiger partial charge in [0.25, 0.3) is 0 Å². The highest BCUT2D eigenvalue weighted by Gasteiger charge is 2.40. The molecule has 3 aliphatic rings. The van der Waals surface area contributed by atoms with Gasteiger partial charge in [-0.3, -0.25) is 4.79 Å². The van der Waals surface area contributed by atoms with Gasteiger partial charge in [0.15, 0.2) is 5.65 Å². The Balaban J connectivity index is 1.43. The minimum Gasteiger partial charge on any atom is -0.355 e. The lowest BCUT2D eigenvalue weighted by atomic mass is 9.97. The van der Waals surface area contributed by atoms with Crippen molar-refractivity contribution in [2.45, 2.75) is 63.7 Å². The second-order valence-corrected chi connectivity index (χ2v) is 9.24. The number of amides is 1. The van der Waals surface area contributed by atoms with Gasteiger partial charge in [-0.05, 0) is 39.5 Å². The largest absolute Gasteiger partial charge is 0.355 e. The quantitative estimate of drug-likeness (QED) is 0.644. The summed E-state index contributed by atoms with van der Waals surface area (Å²) in [5.41, 5.74) is 15.1. The number of hydrogen-bond acceptors (Lipinski definition) is 8. The third kappa shape index (κ3) is 3.67. The number of rotatable bonds is 3. The number of piperidine rings is 1. The van der Waals surface area contributed by atoms with Crippen LogP contribution in [-0.2, 0) is 4.79 Å². The standard InChI is InChI=1S/C21H33N9O/c1-13-11-30-18(23-20(13)28-9-7-15(22)12-28)10-16(25-30)17-6-4-5-8-29(17)21(31)19-14(2)27(3)26-24-19/h10-11,14-15,17,19,24,26H,4-9,12,22H2,1-3H3/t14?,15-,17-,19?/m0/s1. The maximum absolute atomic E-state index is 13.4. The smallest absolute Gasteiger partial charge is 0.243 e. The molecule has 168 valence electrons. The number of aromatic nitrogens is 3. The molecule has 4 atom stereocenters. The third-order valence-electron chi connectivity index (χ3n) is 7.03. The zero-order valence-corrected chi connectivity index (χ0v) is 18.6. The minimum absolute atomic E-state index is 0.0215. The van der Waals surface area contributed by atoms with Crippen molar-refractivity contribution >= 4 is 17.4 Å². The Morgan fingerprint density at radius 2 is 2.10 bits per heavy atom. The first-order valence-electron chi connectivity index (χ1n) is 11.3. The molecule has 1 amide bonds. The van der Waals surface area contributed by atoms with Crippen LogP contribution in [0.25, 0.3) is 5.65 Å². The molecule has 3 saturated heterocycles. The van der Waals surface area contributed by atoms with Crippen molar-refractivity contribution in [2.75, 3.05) is 31.6 Å². The molecule has 10 nitrogen and oxygen atoms in total. The normalized spacial score (nSPS) is 29.9. The molecule has 31 heavy (non-hydrogen) atoms. The number of fused-ring (bicyclic) bond motifs is 1. The number of likely N-dealkylation sites (N-methyl/N-ethyl adjacent to an activating group) is 1. The number of carbonyl (C=O) groups is 1. The Kier molecular flexibility index (Phi) is 5.33. The third-order valence-corrected chi connectivity index (χ3v) is 7.03. The van der Waals surface area contributed by atoms with Crippen LogP contribution in [0.1, 0.15) is 49.9 Å². The van der Waals surface area contributed by atoms with E-state index < -0.39 is 0 Å². The lowest BCUT2D eigenvalue weighted by molar-refractivity contribution is -0.137. The van der Waals surface area contributed by atoms with Gasteiger partial charge in [0.2, 0.25) is 5.91 Å². The lowest BCUT2D eigenvalue weighted by Gasteiger charge is -2.36. The van der Waals surface area contributed by atoms with Crippen molar-refractivity contribution in [3.05, 3.63) is 23.5 Å². The molecule has 5 heterocycles. The summed E-state index contributed by atoms with van der Waals surface area (Å²) >= 11 is 0. The van der Waals surface area contributed by atoms with Crippen molar-refractivity contribution in [3.8, 4) is 0 Å². The van der Waals surface area contributed by atoms with Gasteiger partial charge >= 0.3 is 0 Å². The molecule has 0 radical (unpaired) electrons. The van der Waals surface area contributed by atoms with E-state index in [1.54, 1.807) is 0 Å². The summed E-state index contributed by atoms with van der Waals surface area (Å²) in [6, 6.07) is 2.04. The van der Waals surface area contributed by atoms with E-state index in [4.69, 9.17) is 15.8 Å². The van der Waals surface area contributed by atoms with Gasteiger partial charge in [-0.1, -0.05) is 0 Å². The molecule has 3 fully saturated rings. The van der Waals surface area contributed by atoms with E-state index in [2.05, 4.69) is 29.7 Å². The van der Waals surface area contributed by atoms with Crippen molar-refractivity contribution in [2.24, 2.45) is 5.73 Å². The molecule has 2 unspecified atom stereocenters. The summed E-state index contributed by atoms with van der Waals surface area (Å²) in [6.07, 6.45) is 6.08. The van der Waals surface area contributed by atoms with Crippen LogP contribution in [-0.4, -0.2) is 75.2 Å². The van der Waals surface area contributed by atoms with Crippen LogP contribution in [0.2, 0.25) is 0 Å². The molecule has 4 N–H and O–H groups in total. The fraction of sp³-hybridized carbons (Fsp3) is 0.667. The molecule has 2 aromatic heterocycles. The Bertz CT molecular complexity index is 975. The fourth-order valence-corrected chi connectivity index (χ4v) is 5.05.